The molecule has 2 nitrogen and oxygen atoms in total. The van der Waals surface area contributed by atoms with Crippen LogP contribution in [0.1, 0.15) is 58.3 Å². The van der Waals surface area contributed by atoms with Crippen molar-refractivity contribution < 1.29 is 8.85 Å². The lowest BCUT2D eigenvalue weighted by Crippen LogP contribution is -2.49. The number of hydrogen-bond donors (Lipinski definition) is 0. The summed E-state index contributed by atoms with van der Waals surface area (Å²) in [5.74, 6) is 0.876. The zero-order valence-electron chi connectivity index (χ0n) is 11.7. The second-order valence-corrected chi connectivity index (χ2v) is 9.97. The average molecular weight is 256 g/mol. The highest BCUT2D eigenvalue weighted by molar-refractivity contribution is 6.70. The van der Waals surface area contributed by atoms with Crippen LogP contribution in [0.25, 0.3) is 0 Å². The smallest absolute Gasteiger partial charge is 0.344 e. The average Bonchev–Trinajstić information content (AvgIpc) is 2.80. The molecule has 2 fully saturated rings. The van der Waals surface area contributed by atoms with E-state index in [4.69, 9.17) is 8.85 Å². The molecule has 3 heteroatoms. The van der Waals surface area contributed by atoms with Crippen LogP contribution in [0.5, 0.6) is 0 Å². The molecule has 0 aromatic rings. The van der Waals surface area contributed by atoms with Crippen molar-refractivity contribution >= 4 is 8.56 Å². The fourth-order valence-electron chi connectivity index (χ4n) is 4.16. The van der Waals surface area contributed by atoms with Crippen LogP contribution in [-0.4, -0.2) is 22.8 Å². The Morgan fingerprint density at radius 2 is 1.47 bits per heavy atom. The first-order chi connectivity index (χ1) is 8.23. The molecule has 2 atom stereocenters. The summed E-state index contributed by atoms with van der Waals surface area (Å²) in [4.78, 5) is 0. The summed E-state index contributed by atoms with van der Waals surface area (Å²) in [7, 11) is 1.87. The van der Waals surface area contributed by atoms with Gasteiger partial charge in [-0.15, -0.1) is 0 Å². The van der Waals surface area contributed by atoms with Gasteiger partial charge in [0.15, 0.2) is 0 Å². The molecule has 0 heterocycles. The second-order valence-electron chi connectivity index (χ2n) is 6.08. The van der Waals surface area contributed by atoms with Gasteiger partial charge in [-0.3, -0.25) is 0 Å². The zero-order valence-corrected chi connectivity index (χ0v) is 12.7. The van der Waals surface area contributed by atoms with Crippen molar-refractivity contribution in [2.24, 2.45) is 5.92 Å². The zero-order chi connectivity index (χ0) is 12.3. The van der Waals surface area contributed by atoms with E-state index in [1.54, 1.807) is 0 Å². The summed E-state index contributed by atoms with van der Waals surface area (Å²) in [6.45, 7) is 2.38. The third-order valence-corrected chi connectivity index (χ3v) is 9.73. The van der Waals surface area contributed by atoms with Crippen molar-refractivity contribution in [1.82, 2.24) is 0 Å². The van der Waals surface area contributed by atoms with Gasteiger partial charge in [0, 0.05) is 25.3 Å². The first-order valence-corrected chi connectivity index (χ1v) is 9.30. The maximum absolute atomic E-state index is 6.08. The fourth-order valence-corrected chi connectivity index (χ4v) is 8.84. The molecule has 0 aromatic carbocycles. The van der Waals surface area contributed by atoms with Gasteiger partial charge in [0.05, 0.1) is 0 Å². The van der Waals surface area contributed by atoms with Crippen molar-refractivity contribution in [2.75, 3.05) is 14.2 Å². The van der Waals surface area contributed by atoms with Gasteiger partial charge in [0.25, 0.3) is 0 Å². The van der Waals surface area contributed by atoms with Crippen LogP contribution in [0.3, 0.4) is 0 Å². The summed E-state index contributed by atoms with van der Waals surface area (Å²) in [6.07, 6.45) is 10.9. The predicted molar refractivity (Wildman–Crippen MR) is 73.4 cm³/mol. The fraction of sp³-hybridized carbons (Fsp3) is 1.00. The lowest BCUT2D eigenvalue weighted by Gasteiger charge is -2.41. The molecule has 0 bridgehead atoms. The summed E-state index contributed by atoms with van der Waals surface area (Å²) in [6, 6.07) is 0. The highest BCUT2D eigenvalue weighted by Crippen LogP contribution is 2.50. The number of hydrogen-bond acceptors (Lipinski definition) is 2. The molecule has 2 saturated carbocycles. The summed E-state index contributed by atoms with van der Waals surface area (Å²) >= 11 is 0. The molecule has 2 aliphatic rings. The third-order valence-electron chi connectivity index (χ3n) is 5.08. The van der Waals surface area contributed by atoms with E-state index >= 15 is 0 Å². The molecule has 0 amide bonds. The highest BCUT2D eigenvalue weighted by atomic mass is 28.4. The van der Waals surface area contributed by atoms with E-state index in [1.165, 1.54) is 51.4 Å². The minimum atomic E-state index is -1.95. The van der Waals surface area contributed by atoms with Crippen LogP contribution >= 0.6 is 0 Å². The van der Waals surface area contributed by atoms with Crippen molar-refractivity contribution in [3.63, 3.8) is 0 Å². The van der Waals surface area contributed by atoms with Crippen molar-refractivity contribution in [3.05, 3.63) is 0 Å². The molecule has 100 valence electrons. The Kier molecular flexibility index (Phi) is 4.67. The van der Waals surface area contributed by atoms with Gasteiger partial charge in [0.2, 0.25) is 0 Å². The molecule has 0 aromatic heterocycles. The summed E-state index contributed by atoms with van der Waals surface area (Å²) in [5, 5.41) is 0. The number of rotatable bonds is 4. The molecular formula is C14H28O2Si. The summed E-state index contributed by atoms with van der Waals surface area (Å²) in [5.41, 5.74) is 1.50. The topological polar surface area (TPSA) is 18.5 Å². The largest absolute Gasteiger partial charge is 0.397 e. The van der Waals surface area contributed by atoms with E-state index < -0.39 is 8.56 Å². The van der Waals surface area contributed by atoms with Crippen molar-refractivity contribution in [3.8, 4) is 0 Å². The van der Waals surface area contributed by atoms with Gasteiger partial charge >= 0.3 is 8.56 Å². The van der Waals surface area contributed by atoms with Gasteiger partial charge in [-0.2, -0.15) is 0 Å². The maximum atomic E-state index is 6.08. The SMILES string of the molecule is CO[Si](OC)(C1CCCCC1)C1CCC(C)C1. The molecule has 17 heavy (non-hydrogen) atoms. The van der Waals surface area contributed by atoms with Crippen LogP contribution < -0.4 is 0 Å². The van der Waals surface area contributed by atoms with Crippen LogP contribution in [0, 0.1) is 5.92 Å². The van der Waals surface area contributed by atoms with Crippen LogP contribution in [0.4, 0.5) is 0 Å². The second kappa shape index (κ2) is 5.85. The molecule has 2 unspecified atom stereocenters. The first-order valence-electron chi connectivity index (χ1n) is 7.33. The minimum absolute atomic E-state index is 0.746. The molecule has 0 radical (unpaired) electrons. The Balaban J connectivity index is 2.12. The Labute approximate surface area is 107 Å². The van der Waals surface area contributed by atoms with E-state index in [9.17, 15) is 0 Å². The predicted octanol–water partition coefficient (Wildman–Crippen LogP) is 4.25. The van der Waals surface area contributed by atoms with Crippen LogP contribution in [0.15, 0.2) is 0 Å². The Morgan fingerprint density at radius 1 is 0.824 bits per heavy atom. The minimum Gasteiger partial charge on any atom is -0.397 e. The Hall–Kier alpha value is 0.137. The highest BCUT2D eigenvalue weighted by Gasteiger charge is 2.52. The lowest BCUT2D eigenvalue weighted by atomic mass is 10.0. The van der Waals surface area contributed by atoms with E-state index in [0.717, 1.165) is 17.0 Å². The van der Waals surface area contributed by atoms with Gasteiger partial charge in [0.1, 0.15) is 0 Å². The van der Waals surface area contributed by atoms with E-state index in [2.05, 4.69) is 6.92 Å². The van der Waals surface area contributed by atoms with Crippen LogP contribution in [-0.2, 0) is 8.85 Å². The molecule has 0 aliphatic heterocycles. The quantitative estimate of drug-likeness (QED) is 0.700. The van der Waals surface area contributed by atoms with Crippen molar-refractivity contribution in [2.45, 2.75) is 69.4 Å². The molecule has 0 N–H and O–H groups in total. The Bertz CT molecular complexity index is 228. The summed E-state index contributed by atoms with van der Waals surface area (Å²) < 4.78 is 12.2. The molecule has 2 aliphatic carbocycles. The van der Waals surface area contributed by atoms with Gasteiger partial charge < -0.3 is 8.85 Å². The van der Waals surface area contributed by atoms with Crippen LogP contribution in [0.2, 0.25) is 11.1 Å². The molecule has 0 saturated heterocycles. The lowest BCUT2D eigenvalue weighted by molar-refractivity contribution is 0.203. The van der Waals surface area contributed by atoms with Gasteiger partial charge in [-0.05, 0) is 31.6 Å². The standard InChI is InChI=1S/C14H28O2Si/c1-12-9-10-14(11-12)17(15-2,16-3)13-7-5-4-6-8-13/h12-14H,4-11H2,1-3H3. The first kappa shape index (κ1) is 13.6. The van der Waals surface area contributed by atoms with Crippen molar-refractivity contribution in [1.29, 1.82) is 0 Å². The van der Waals surface area contributed by atoms with Gasteiger partial charge in [-0.25, -0.2) is 0 Å². The molecule has 2 rings (SSSR count). The third kappa shape index (κ3) is 2.61. The molecular weight excluding hydrogens is 228 g/mol. The van der Waals surface area contributed by atoms with Gasteiger partial charge in [-0.1, -0.05) is 32.6 Å². The van der Waals surface area contributed by atoms with E-state index in [0.29, 0.717) is 0 Å². The Morgan fingerprint density at radius 3 is 1.94 bits per heavy atom. The van der Waals surface area contributed by atoms with E-state index in [-0.39, 0.29) is 0 Å². The monoisotopic (exact) mass is 256 g/mol. The van der Waals surface area contributed by atoms with E-state index in [1.807, 2.05) is 14.2 Å². The molecule has 0 spiro atoms. The maximum Gasteiger partial charge on any atom is 0.344 e. The normalized spacial score (nSPS) is 31.9.